The minimum Gasteiger partial charge on any atom is -0.494 e. The molecule has 3 nitrogen and oxygen atoms in total. The fraction of sp³-hybridized carbons (Fsp3) is 0.647. The molecule has 116 valence electrons. The Bertz CT molecular complexity index is 514. The van der Waals surface area contributed by atoms with E-state index in [1.54, 1.807) is 12.1 Å². The van der Waals surface area contributed by atoms with E-state index in [1.807, 2.05) is 6.07 Å². The van der Waals surface area contributed by atoms with Gasteiger partial charge in [0.1, 0.15) is 0 Å². The lowest BCUT2D eigenvalue weighted by atomic mass is 9.96. The van der Waals surface area contributed by atoms with Gasteiger partial charge in [0.2, 0.25) is 0 Å². The van der Waals surface area contributed by atoms with Crippen LogP contribution in [0.5, 0.6) is 5.75 Å². The van der Waals surface area contributed by atoms with Crippen LogP contribution in [0.4, 0.5) is 4.39 Å². The van der Waals surface area contributed by atoms with Gasteiger partial charge in [-0.05, 0) is 50.3 Å². The Kier molecular flexibility index (Phi) is 3.93. The summed E-state index contributed by atoms with van der Waals surface area (Å²) in [6, 6.07) is 5.89. The van der Waals surface area contributed by atoms with E-state index in [9.17, 15) is 4.39 Å². The standard InChI is InChI=1S/C17H25FN2O/c1-17(2)11-20(15(9-19-17)13-5-6-13)10-12-4-7-16(21-3)14(18)8-12/h4,7-8,13,15,19H,5-6,9-11H2,1-3H3. The second-order valence-corrected chi connectivity index (χ2v) is 7.04. The lowest BCUT2D eigenvalue weighted by Gasteiger charge is -2.45. The summed E-state index contributed by atoms with van der Waals surface area (Å²) in [5.41, 5.74) is 1.15. The van der Waals surface area contributed by atoms with Crippen LogP contribution in [0.2, 0.25) is 0 Å². The van der Waals surface area contributed by atoms with Gasteiger partial charge in [0, 0.05) is 31.2 Å². The van der Waals surface area contributed by atoms with E-state index in [0.717, 1.165) is 31.1 Å². The number of benzene rings is 1. The molecule has 1 unspecified atom stereocenters. The maximum Gasteiger partial charge on any atom is 0.165 e. The number of halogens is 1. The molecule has 0 radical (unpaired) electrons. The third-order valence-electron chi connectivity index (χ3n) is 4.63. The Balaban J connectivity index is 1.75. The number of hydrogen-bond acceptors (Lipinski definition) is 3. The molecule has 1 aromatic carbocycles. The van der Waals surface area contributed by atoms with Crippen LogP contribution in [-0.2, 0) is 6.54 Å². The van der Waals surface area contributed by atoms with Gasteiger partial charge < -0.3 is 10.1 Å². The van der Waals surface area contributed by atoms with E-state index in [4.69, 9.17) is 4.74 Å². The molecule has 1 heterocycles. The van der Waals surface area contributed by atoms with Gasteiger partial charge in [-0.1, -0.05) is 6.07 Å². The predicted molar refractivity (Wildman–Crippen MR) is 82.0 cm³/mol. The third kappa shape index (κ3) is 3.38. The molecule has 3 rings (SSSR count). The number of methoxy groups -OCH3 is 1. The maximum atomic E-state index is 13.9. The van der Waals surface area contributed by atoms with Crippen molar-refractivity contribution in [3.8, 4) is 5.75 Å². The lowest BCUT2D eigenvalue weighted by Crippen LogP contribution is -2.61. The quantitative estimate of drug-likeness (QED) is 0.923. The number of hydrogen-bond donors (Lipinski definition) is 1. The van der Waals surface area contributed by atoms with E-state index in [2.05, 4.69) is 24.1 Å². The number of ether oxygens (including phenoxy) is 1. The first-order valence-electron chi connectivity index (χ1n) is 7.80. The summed E-state index contributed by atoms with van der Waals surface area (Å²) in [4.78, 5) is 2.52. The first kappa shape index (κ1) is 14.8. The van der Waals surface area contributed by atoms with Crippen molar-refractivity contribution in [2.45, 2.75) is 44.8 Å². The summed E-state index contributed by atoms with van der Waals surface area (Å²) in [6.45, 7) is 7.32. The van der Waals surface area contributed by atoms with E-state index >= 15 is 0 Å². The van der Waals surface area contributed by atoms with Crippen LogP contribution in [0.3, 0.4) is 0 Å². The van der Waals surface area contributed by atoms with Crippen molar-refractivity contribution < 1.29 is 9.13 Å². The molecule has 1 N–H and O–H groups in total. The first-order chi connectivity index (χ1) is 9.98. The Labute approximate surface area is 126 Å². The molecular weight excluding hydrogens is 267 g/mol. The SMILES string of the molecule is COc1ccc(CN2CC(C)(C)NCC2C2CC2)cc1F. The van der Waals surface area contributed by atoms with Crippen LogP contribution in [0.25, 0.3) is 0 Å². The van der Waals surface area contributed by atoms with Gasteiger partial charge in [-0.3, -0.25) is 4.90 Å². The molecule has 1 aliphatic carbocycles. The zero-order valence-electron chi connectivity index (χ0n) is 13.2. The molecular formula is C17H25FN2O. The maximum absolute atomic E-state index is 13.9. The summed E-state index contributed by atoms with van der Waals surface area (Å²) in [5, 5.41) is 3.64. The van der Waals surface area contributed by atoms with Crippen LogP contribution in [0.15, 0.2) is 18.2 Å². The minimum absolute atomic E-state index is 0.121. The van der Waals surface area contributed by atoms with Crippen LogP contribution in [-0.4, -0.2) is 36.7 Å². The molecule has 1 atom stereocenters. The average molecular weight is 292 g/mol. The van der Waals surface area contributed by atoms with Crippen LogP contribution < -0.4 is 10.1 Å². The number of piperazine rings is 1. The van der Waals surface area contributed by atoms with Gasteiger partial charge >= 0.3 is 0 Å². The van der Waals surface area contributed by atoms with Crippen molar-refractivity contribution >= 4 is 0 Å². The Morgan fingerprint density at radius 3 is 2.76 bits per heavy atom. The zero-order valence-corrected chi connectivity index (χ0v) is 13.2. The van der Waals surface area contributed by atoms with Gasteiger partial charge in [0.15, 0.2) is 11.6 Å². The first-order valence-corrected chi connectivity index (χ1v) is 7.80. The molecule has 0 aromatic heterocycles. The molecule has 1 aliphatic heterocycles. The molecule has 0 bridgehead atoms. The molecule has 21 heavy (non-hydrogen) atoms. The summed E-state index contributed by atoms with van der Waals surface area (Å²) < 4.78 is 18.9. The summed E-state index contributed by atoms with van der Waals surface area (Å²) in [6.07, 6.45) is 2.67. The highest BCUT2D eigenvalue weighted by atomic mass is 19.1. The van der Waals surface area contributed by atoms with E-state index < -0.39 is 0 Å². The smallest absolute Gasteiger partial charge is 0.165 e. The van der Waals surface area contributed by atoms with E-state index in [0.29, 0.717) is 11.8 Å². The van der Waals surface area contributed by atoms with Crippen molar-refractivity contribution in [1.29, 1.82) is 0 Å². The van der Waals surface area contributed by atoms with Gasteiger partial charge in [-0.25, -0.2) is 4.39 Å². The van der Waals surface area contributed by atoms with Crippen LogP contribution >= 0.6 is 0 Å². The van der Waals surface area contributed by atoms with Crippen LogP contribution in [0.1, 0.15) is 32.3 Å². The van der Waals surface area contributed by atoms with E-state index in [1.165, 1.54) is 20.0 Å². The van der Waals surface area contributed by atoms with Crippen molar-refractivity contribution in [3.05, 3.63) is 29.6 Å². The number of nitrogens with one attached hydrogen (secondary N) is 1. The molecule has 0 amide bonds. The van der Waals surface area contributed by atoms with Crippen LogP contribution in [0, 0.1) is 11.7 Å². The second kappa shape index (κ2) is 5.58. The van der Waals surface area contributed by atoms with Crippen molar-refractivity contribution in [1.82, 2.24) is 10.2 Å². The highest BCUT2D eigenvalue weighted by Gasteiger charge is 2.40. The number of rotatable bonds is 4. The van der Waals surface area contributed by atoms with Crippen molar-refractivity contribution in [2.75, 3.05) is 20.2 Å². The van der Waals surface area contributed by atoms with Gasteiger partial charge in [0.25, 0.3) is 0 Å². The summed E-state index contributed by atoms with van der Waals surface area (Å²) in [7, 11) is 1.50. The fourth-order valence-electron chi connectivity index (χ4n) is 3.35. The normalized spacial score (nSPS) is 25.8. The van der Waals surface area contributed by atoms with Gasteiger partial charge in [0.05, 0.1) is 7.11 Å². The summed E-state index contributed by atoms with van der Waals surface area (Å²) in [5.74, 6) is 0.863. The monoisotopic (exact) mass is 292 g/mol. The molecule has 1 aromatic rings. The highest BCUT2D eigenvalue weighted by molar-refractivity contribution is 5.29. The van der Waals surface area contributed by atoms with Gasteiger partial charge in [-0.15, -0.1) is 0 Å². The molecule has 2 aliphatic rings. The molecule has 1 saturated carbocycles. The lowest BCUT2D eigenvalue weighted by molar-refractivity contribution is 0.0758. The molecule has 0 spiro atoms. The Hall–Kier alpha value is -1.13. The number of nitrogens with zero attached hydrogens (tertiary/aromatic N) is 1. The fourth-order valence-corrected chi connectivity index (χ4v) is 3.35. The highest BCUT2D eigenvalue weighted by Crippen LogP contribution is 2.37. The summed E-state index contributed by atoms with van der Waals surface area (Å²) >= 11 is 0. The average Bonchev–Trinajstić information content (AvgIpc) is 3.22. The Morgan fingerprint density at radius 1 is 1.38 bits per heavy atom. The third-order valence-corrected chi connectivity index (χ3v) is 4.63. The van der Waals surface area contributed by atoms with E-state index in [-0.39, 0.29) is 11.4 Å². The second-order valence-electron chi connectivity index (χ2n) is 7.04. The van der Waals surface area contributed by atoms with Crippen molar-refractivity contribution in [3.63, 3.8) is 0 Å². The minimum atomic E-state index is -0.271. The topological polar surface area (TPSA) is 24.5 Å². The largest absolute Gasteiger partial charge is 0.494 e. The Morgan fingerprint density at radius 2 is 2.14 bits per heavy atom. The van der Waals surface area contributed by atoms with Gasteiger partial charge in [-0.2, -0.15) is 0 Å². The molecule has 2 fully saturated rings. The predicted octanol–water partition coefficient (Wildman–Crippen LogP) is 2.80. The molecule has 1 saturated heterocycles. The molecule has 4 heteroatoms. The van der Waals surface area contributed by atoms with Crippen molar-refractivity contribution in [2.24, 2.45) is 5.92 Å². The zero-order chi connectivity index (χ0) is 15.0.